The lowest BCUT2D eigenvalue weighted by atomic mass is 10.1. The fraction of sp³-hybridized carbons (Fsp3) is 0.571. The normalized spacial score (nSPS) is 11.7. The lowest BCUT2D eigenvalue weighted by Gasteiger charge is -2.15. The minimum Gasteiger partial charge on any atom is -0.493 e. The topological polar surface area (TPSA) is 78.6 Å². The van der Waals surface area contributed by atoms with E-state index in [9.17, 15) is 8.42 Å². The molecule has 0 saturated carbocycles. The van der Waals surface area contributed by atoms with E-state index in [4.69, 9.17) is 15.2 Å². The van der Waals surface area contributed by atoms with Crippen LogP contribution in [0.4, 0.5) is 0 Å². The molecular weight excluding hydrogens is 278 g/mol. The van der Waals surface area contributed by atoms with Gasteiger partial charge in [-0.15, -0.1) is 0 Å². The summed E-state index contributed by atoms with van der Waals surface area (Å²) in [7, 11) is -1.55. The summed E-state index contributed by atoms with van der Waals surface area (Å²) in [6.07, 6.45) is 0.656. The number of nitrogens with two attached hydrogens (primary N) is 1. The average molecular weight is 301 g/mol. The Morgan fingerprint density at radius 1 is 1.30 bits per heavy atom. The Morgan fingerprint density at radius 2 is 2.00 bits per heavy atom. The maximum absolute atomic E-state index is 11.8. The predicted molar refractivity (Wildman–Crippen MR) is 80.2 cm³/mol. The van der Waals surface area contributed by atoms with E-state index in [2.05, 4.69) is 0 Å². The molecule has 0 spiro atoms. The lowest BCUT2D eigenvalue weighted by molar-refractivity contribution is 0.308. The standard InChI is InChI=1S/C14H23NO4S/c1-11(2)20(16,17)10-9-19-14-12(7-8-15)5-4-6-13(14)18-3/h4-6,11H,7-10,15H2,1-3H3. The van der Waals surface area contributed by atoms with Gasteiger partial charge in [0, 0.05) is 0 Å². The lowest BCUT2D eigenvalue weighted by Crippen LogP contribution is -2.22. The highest BCUT2D eigenvalue weighted by Crippen LogP contribution is 2.31. The van der Waals surface area contributed by atoms with Gasteiger partial charge in [0.15, 0.2) is 21.3 Å². The van der Waals surface area contributed by atoms with Gasteiger partial charge in [0.1, 0.15) is 6.61 Å². The minimum absolute atomic E-state index is 0.00915. The molecule has 114 valence electrons. The Morgan fingerprint density at radius 3 is 2.55 bits per heavy atom. The molecule has 0 unspecified atom stereocenters. The molecule has 1 aromatic carbocycles. The number of methoxy groups -OCH3 is 1. The maximum Gasteiger partial charge on any atom is 0.164 e. The van der Waals surface area contributed by atoms with E-state index < -0.39 is 15.1 Å². The van der Waals surface area contributed by atoms with Crippen molar-refractivity contribution in [2.45, 2.75) is 25.5 Å². The first-order valence-corrected chi connectivity index (χ1v) is 8.34. The maximum atomic E-state index is 11.8. The van der Waals surface area contributed by atoms with Crippen LogP contribution >= 0.6 is 0 Å². The number of rotatable bonds is 8. The summed E-state index contributed by atoms with van der Waals surface area (Å²) >= 11 is 0. The number of sulfone groups is 1. The second kappa shape index (κ2) is 7.50. The van der Waals surface area contributed by atoms with Gasteiger partial charge in [-0.1, -0.05) is 12.1 Å². The van der Waals surface area contributed by atoms with Crippen LogP contribution in [0.5, 0.6) is 11.5 Å². The second-order valence-corrected chi connectivity index (χ2v) is 7.43. The van der Waals surface area contributed by atoms with Gasteiger partial charge in [-0.3, -0.25) is 0 Å². The van der Waals surface area contributed by atoms with Crippen LogP contribution in [0.1, 0.15) is 19.4 Å². The highest BCUT2D eigenvalue weighted by atomic mass is 32.2. The SMILES string of the molecule is COc1cccc(CCN)c1OCCS(=O)(=O)C(C)C. The van der Waals surface area contributed by atoms with Crippen LogP contribution in [-0.2, 0) is 16.3 Å². The molecule has 6 heteroatoms. The van der Waals surface area contributed by atoms with Gasteiger partial charge in [0.05, 0.1) is 18.1 Å². The van der Waals surface area contributed by atoms with Crippen LogP contribution in [0.15, 0.2) is 18.2 Å². The first-order valence-electron chi connectivity index (χ1n) is 6.62. The molecule has 5 nitrogen and oxygen atoms in total. The van der Waals surface area contributed by atoms with Crippen LogP contribution in [0.3, 0.4) is 0 Å². The van der Waals surface area contributed by atoms with Gasteiger partial charge in [-0.2, -0.15) is 0 Å². The highest BCUT2D eigenvalue weighted by molar-refractivity contribution is 7.91. The van der Waals surface area contributed by atoms with Crippen molar-refractivity contribution in [2.75, 3.05) is 26.0 Å². The summed E-state index contributed by atoms with van der Waals surface area (Å²) in [5.74, 6) is 1.17. The van der Waals surface area contributed by atoms with Crippen LogP contribution in [0.25, 0.3) is 0 Å². The first-order chi connectivity index (χ1) is 9.42. The molecular formula is C14H23NO4S. The van der Waals surface area contributed by atoms with Crippen molar-refractivity contribution in [3.63, 3.8) is 0 Å². The molecule has 0 amide bonds. The smallest absolute Gasteiger partial charge is 0.164 e. The predicted octanol–water partition coefficient (Wildman–Crippen LogP) is 1.40. The molecule has 1 rings (SSSR count). The molecule has 0 fully saturated rings. The van der Waals surface area contributed by atoms with Gasteiger partial charge < -0.3 is 15.2 Å². The summed E-state index contributed by atoms with van der Waals surface area (Å²) in [6.45, 7) is 3.93. The number of para-hydroxylation sites is 1. The fourth-order valence-corrected chi connectivity index (χ4v) is 2.52. The highest BCUT2D eigenvalue weighted by Gasteiger charge is 2.17. The molecule has 20 heavy (non-hydrogen) atoms. The van der Waals surface area contributed by atoms with Crippen molar-refractivity contribution >= 4 is 9.84 Å². The van der Waals surface area contributed by atoms with Gasteiger partial charge in [0.2, 0.25) is 0 Å². The van der Waals surface area contributed by atoms with Crippen LogP contribution in [0.2, 0.25) is 0 Å². The Labute approximate surface area is 121 Å². The third-order valence-corrected chi connectivity index (χ3v) is 5.20. The van der Waals surface area contributed by atoms with E-state index >= 15 is 0 Å². The number of ether oxygens (including phenoxy) is 2. The van der Waals surface area contributed by atoms with Crippen molar-refractivity contribution in [2.24, 2.45) is 5.73 Å². The summed E-state index contributed by atoms with van der Waals surface area (Å²) in [5, 5.41) is -0.396. The van der Waals surface area contributed by atoms with E-state index in [-0.39, 0.29) is 12.4 Å². The van der Waals surface area contributed by atoms with Crippen molar-refractivity contribution in [3.8, 4) is 11.5 Å². The number of hydrogen-bond donors (Lipinski definition) is 1. The summed E-state index contributed by atoms with van der Waals surface area (Å²) in [6, 6.07) is 5.55. The quantitative estimate of drug-likeness (QED) is 0.785. The Balaban J connectivity index is 2.81. The van der Waals surface area contributed by atoms with E-state index in [1.807, 2.05) is 12.1 Å². The van der Waals surface area contributed by atoms with E-state index in [1.54, 1.807) is 27.0 Å². The van der Waals surface area contributed by atoms with Gasteiger partial charge in [0.25, 0.3) is 0 Å². The molecule has 2 N–H and O–H groups in total. The molecule has 1 aromatic rings. The molecule has 0 aliphatic carbocycles. The zero-order valence-corrected chi connectivity index (χ0v) is 13.1. The minimum atomic E-state index is -3.10. The molecule has 0 saturated heterocycles. The molecule has 0 aromatic heterocycles. The number of hydrogen-bond acceptors (Lipinski definition) is 5. The Bertz CT molecular complexity index is 526. The van der Waals surface area contributed by atoms with Gasteiger partial charge >= 0.3 is 0 Å². The summed E-state index contributed by atoms with van der Waals surface area (Å²) in [5.41, 5.74) is 6.49. The van der Waals surface area contributed by atoms with E-state index in [0.717, 1.165) is 5.56 Å². The van der Waals surface area contributed by atoms with Crippen molar-refractivity contribution in [1.82, 2.24) is 0 Å². The average Bonchev–Trinajstić information content (AvgIpc) is 2.40. The first kappa shape index (κ1) is 16.8. The third-order valence-electron chi connectivity index (χ3n) is 3.03. The third kappa shape index (κ3) is 4.38. The van der Waals surface area contributed by atoms with Gasteiger partial charge in [-0.05, 0) is 38.4 Å². The van der Waals surface area contributed by atoms with Crippen LogP contribution in [-0.4, -0.2) is 39.7 Å². The van der Waals surface area contributed by atoms with Gasteiger partial charge in [-0.25, -0.2) is 8.42 Å². The number of benzene rings is 1. The van der Waals surface area contributed by atoms with Crippen molar-refractivity contribution in [3.05, 3.63) is 23.8 Å². The monoisotopic (exact) mass is 301 g/mol. The molecule has 0 bridgehead atoms. The van der Waals surface area contributed by atoms with Crippen molar-refractivity contribution in [1.29, 1.82) is 0 Å². The molecule has 0 aliphatic heterocycles. The summed E-state index contributed by atoms with van der Waals surface area (Å²) in [4.78, 5) is 0. The second-order valence-electron chi connectivity index (χ2n) is 4.75. The largest absolute Gasteiger partial charge is 0.493 e. The Kier molecular flexibility index (Phi) is 6.29. The van der Waals surface area contributed by atoms with Crippen LogP contribution in [0, 0.1) is 0 Å². The molecule has 0 heterocycles. The molecule has 0 atom stereocenters. The van der Waals surface area contributed by atoms with E-state index in [0.29, 0.717) is 24.5 Å². The van der Waals surface area contributed by atoms with Crippen LogP contribution < -0.4 is 15.2 Å². The summed E-state index contributed by atoms with van der Waals surface area (Å²) < 4.78 is 34.4. The fourth-order valence-electron chi connectivity index (χ4n) is 1.73. The van der Waals surface area contributed by atoms with Crippen molar-refractivity contribution < 1.29 is 17.9 Å². The zero-order valence-electron chi connectivity index (χ0n) is 12.3. The van der Waals surface area contributed by atoms with E-state index in [1.165, 1.54) is 0 Å². The molecule has 0 aliphatic rings. The zero-order chi connectivity index (χ0) is 15.2. The molecule has 0 radical (unpaired) electrons. The Hall–Kier alpha value is -1.27.